The van der Waals surface area contributed by atoms with Crippen molar-refractivity contribution >= 4 is 6.29 Å². The van der Waals surface area contributed by atoms with Gasteiger partial charge in [0, 0.05) is 19.4 Å². The van der Waals surface area contributed by atoms with Crippen molar-refractivity contribution in [2.75, 3.05) is 20.2 Å². The zero-order chi connectivity index (χ0) is 13.2. The zero-order valence-corrected chi connectivity index (χ0v) is 10.8. The summed E-state index contributed by atoms with van der Waals surface area (Å²) in [6, 6.07) is 0. The maximum atomic E-state index is 13.4. The van der Waals surface area contributed by atoms with E-state index in [9.17, 15) is 13.6 Å². The fourth-order valence-electron chi connectivity index (χ4n) is 3.68. The Kier molecular flexibility index (Phi) is 4.02. The smallest absolute Gasteiger partial charge is 0.248 e. The fourth-order valence-corrected chi connectivity index (χ4v) is 3.68. The molecule has 1 N–H and O–H groups in total. The van der Waals surface area contributed by atoms with E-state index in [0.29, 0.717) is 25.3 Å². The molecule has 2 aliphatic rings. The Morgan fingerprint density at radius 1 is 1.33 bits per heavy atom. The molecule has 0 aromatic heterocycles. The molecular formula is C13H21F2NO2. The van der Waals surface area contributed by atoms with Crippen molar-refractivity contribution in [1.29, 1.82) is 0 Å². The lowest BCUT2D eigenvalue weighted by Gasteiger charge is -2.31. The van der Waals surface area contributed by atoms with Gasteiger partial charge in [-0.2, -0.15) is 0 Å². The van der Waals surface area contributed by atoms with Gasteiger partial charge in [-0.3, -0.25) is 0 Å². The Hall–Kier alpha value is -0.550. The molecule has 0 heterocycles. The second-order valence-electron chi connectivity index (χ2n) is 5.72. The van der Waals surface area contributed by atoms with Crippen LogP contribution in [0.15, 0.2) is 0 Å². The van der Waals surface area contributed by atoms with Crippen LogP contribution in [0.5, 0.6) is 0 Å². The molecule has 3 unspecified atom stereocenters. The molecule has 104 valence electrons. The predicted octanol–water partition coefficient (Wildman–Crippen LogP) is 2.01. The third kappa shape index (κ3) is 2.88. The SMILES string of the molecule is CNCC1(OCC=O)CC2CCC(F)(F)CC2C1. The summed E-state index contributed by atoms with van der Waals surface area (Å²) in [7, 11) is 1.82. The summed E-state index contributed by atoms with van der Waals surface area (Å²) in [6.07, 6.45) is 2.72. The first-order valence-electron chi connectivity index (χ1n) is 6.60. The molecule has 0 amide bonds. The minimum atomic E-state index is -2.51. The van der Waals surface area contributed by atoms with Crippen LogP contribution in [0, 0.1) is 11.8 Å². The van der Waals surface area contributed by atoms with Crippen LogP contribution in [0.3, 0.4) is 0 Å². The number of carbonyl (C=O) groups is 1. The van der Waals surface area contributed by atoms with E-state index >= 15 is 0 Å². The lowest BCUT2D eigenvalue weighted by molar-refractivity contribution is -0.119. The van der Waals surface area contributed by atoms with E-state index in [-0.39, 0.29) is 25.4 Å². The van der Waals surface area contributed by atoms with Gasteiger partial charge in [-0.15, -0.1) is 0 Å². The van der Waals surface area contributed by atoms with Crippen LogP contribution < -0.4 is 5.32 Å². The number of nitrogens with one attached hydrogen (secondary N) is 1. The second kappa shape index (κ2) is 5.21. The average Bonchev–Trinajstić information content (AvgIpc) is 2.63. The number of alkyl halides is 2. The Morgan fingerprint density at radius 3 is 2.72 bits per heavy atom. The van der Waals surface area contributed by atoms with E-state index in [4.69, 9.17) is 4.74 Å². The van der Waals surface area contributed by atoms with E-state index in [1.165, 1.54) is 0 Å². The Morgan fingerprint density at radius 2 is 2.06 bits per heavy atom. The van der Waals surface area contributed by atoms with Crippen LogP contribution in [-0.2, 0) is 9.53 Å². The molecule has 0 aliphatic heterocycles. The number of ether oxygens (including phenoxy) is 1. The van der Waals surface area contributed by atoms with Gasteiger partial charge in [0.05, 0.1) is 5.60 Å². The summed E-state index contributed by atoms with van der Waals surface area (Å²) in [5, 5.41) is 3.06. The number of rotatable bonds is 5. The number of carbonyl (C=O) groups excluding carboxylic acids is 1. The topological polar surface area (TPSA) is 38.3 Å². The van der Waals surface area contributed by atoms with Crippen molar-refractivity contribution in [3.63, 3.8) is 0 Å². The molecule has 2 aliphatic carbocycles. The van der Waals surface area contributed by atoms with Gasteiger partial charge in [-0.1, -0.05) is 0 Å². The number of halogens is 2. The van der Waals surface area contributed by atoms with Gasteiger partial charge >= 0.3 is 0 Å². The minimum Gasteiger partial charge on any atom is -0.366 e. The van der Waals surface area contributed by atoms with Gasteiger partial charge in [-0.05, 0) is 38.1 Å². The molecule has 3 nitrogen and oxygen atoms in total. The van der Waals surface area contributed by atoms with E-state index < -0.39 is 11.5 Å². The number of hydrogen-bond donors (Lipinski definition) is 1. The van der Waals surface area contributed by atoms with Crippen LogP contribution in [0.4, 0.5) is 8.78 Å². The summed E-state index contributed by atoms with van der Waals surface area (Å²) < 4.78 is 32.5. The number of hydrogen-bond acceptors (Lipinski definition) is 3. The molecule has 0 spiro atoms. The highest BCUT2D eigenvalue weighted by molar-refractivity contribution is 5.50. The molecule has 18 heavy (non-hydrogen) atoms. The van der Waals surface area contributed by atoms with Crippen molar-refractivity contribution in [2.24, 2.45) is 11.8 Å². The Balaban J connectivity index is 2.04. The van der Waals surface area contributed by atoms with E-state index in [0.717, 1.165) is 12.7 Å². The summed E-state index contributed by atoms with van der Waals surface area (Å²) >= 11 is 0. The van der Waals surface area contributed by atoms with Crippen molar-refractivity contribution in [3.8, 4) is 0 Å². The highest BCUT2D eigenvalue weighted by Crippen LogP contribution is 2.52. The van der Waals surface area contributed by atoms with Crippen molar-refractivity contribution < 1.29 is 18.3 Å². The van der Waals surface area contributed by atoms with Crippen LogP contribution in [0.1, 0.15) is 32.1 Å². The fraction of sp³-hybridized carbons (Fsp3) is 0.923. The average molecular weight is 261 g/mol. The van der Waals surface area contributed by atoms with E-state index in [2.05, 4.69) is 5.32 Å². The second-order valence-corrected chi connectivity index (χ2v) is 5.72. The quantitative estimate of drug-likeness (QED) is 0.769. The maximum Gasteiger partial charge on any atom is 0.248 e. The van der Waals surface area contributed by atoms with Crippen molar-refractivity contribution in [2.45, 2.75) is 43.6 Å². The third-order valence-electron chi connectivity index (χ3n) is 4.33. The maximum absolute atomic E-state index is 13.4. The predicted molar refractivity (Wildman–Crippen MR) is 63.7 cm³/mol. The molecular weight excluding hydrogens is 240 g/mol. The summed E-state index contributed by atoms with van der Waals surface area (Å²) in [5.41, 5.74) is -0.425. The highest BCUT2D eigenvalue weighted by atomic mass is 19.3. The van der Waals surface area contributed by atoms with Crippen LogP contribution >= 0.6 is 0 Å². The molecule has 5 heteroatoms. The van der Waals surface area contributed by atoms with Gasteiger partial charge in [0.1, 0.15) is 12.9 Å². The van der Waals surface area contributed by atoms with E-state index in [1.54, 1.807) is 0 Å². The summed E-state index contributed by atoms with van der Waals surface area (Å²) in [4.78, 5) is 10.5. The number of aldehydes is 1. The molecule has 0 saturated heterocycles. The molecule has 2 saturated carbocycles. The van der Waals surface area contributed by atoms with Gasteiger partial charge in [0.2, 0.25) is 5.92 Å². The molecule has 2 rings (SSSR count). The molecule has 0 bridgehead atoms. The number of likely N-dealkylation sites (N-methyl/N-ethyl adjacent to an activating group) is 1. The lowest BCUT2D eigenvalue weighted by Crippen LogP contribution is -2.40. The number of fused-ring (bicyclic) bond motifs is 1. The van der Waals surface area contributed by atoms with Crippen LogP contribution in [-0.4, -0.2) is 38.0 Å². The standard InChI is InChI=1S/C13H21F2NO2/c1-16-9-12(18-5-4-17)6-10-2-3-13(14,15)8-11(10)7-12/h4,10-11,16H,2-3,5-9H2,1H3. The Labute approximate surface area is 106 Å². The molecule has 3 atom stereocenters. The van der Waals surface area contributed by atoms with Gasteiger partial charge in [-0.25, -0.2) is 8.78 Å². The first kappa shape index (κ1) is 13.9. The molecule has 0 aromatic carbocycles. The van der Waals surface area contributed by atoms with Crippen molar-refractivity contribution in [3.05, 3.63) is 0 Å². The Bertz CT molecular complexity index is 311. The molecule has 0 aromatic rings. The zero-order valence-electron chi connectivity index (χ0n) is 10.8. The van der Waals surface area contributed by atoms with Gasteiger partial charge < -0.3 is 14.8 Å². The monoisotopic (exact) mass is 261 g/mol. The minimum absolute atomic E-state index is 0.00250. The van der Waals surface area contributed by atoms with Gasteiger partial charge in [0.25, 0.3) is 0 Å². The lowest BCUT2D eigenvalue weighted by atomic mass is 9.80. The normalized spacial score (nSPS) is 38.4. The first-order chi connectivity index (χ1) is 8.50. The van der Waals surface area contributed by atoms with Crippen LogP contribution in [0.25, 0.3) is 0 Å². The largest absolute Gasteiger partial charge is 0.366 e. The van der Waals surface area contributed by atoms with Crippen LogP contribution in [0.2, 0.25) is 0 Å². The summed E-state index contributed by atoms with van der Waals surface area (Å²) in [6.45, 7) is 0.678. The van der Waals surface area contributed by atoms with E-state index in [1.807, 2.05) is 7.05 Å². The summed E-state index contributed by atoms with van der Waals surface area (Å²) in [5.74, 6) is -2.15. The molecule has 0 radical (unpaired) electrons. The first-order valence-corrected chi connectivity index (χ1v) is 6.60. The van der Waals surface area contributed by atoms with Gasteiger partial charge in [0.15, 0.2) is 0 Å². The highest BCUT2D eigenvalue weighted by Gasteiger charge is 2.51. The molecule has 2 fully saturated rings. The van der Waals surface area contributed by atoms with Crippen molar-refractivity contribution in [1.82, 2.24) is 5.32 Å². The third-order valence-corrected chi connectivity index (χ3v) is 4.33.